The van der Waals surface area contributed by atoms with Gasteiger partial charge >= 0.3 is 0 Å². The number of hydrogen-bond acceptors (Lipinski definition) is 3. The zero-order chi connectivity index (χ0) is 9.54. The van der Waals surface area contributed by atoms with Crippen LogP contribution < -0.4 is 0 Å². The molecule has 0 amide bonds. The Morgan fingerprint density at radius 2 is 1.93 bits per heavy atom. The molecule has 3 aromatic rings. The average molecular weight is 183 g/mol. The molecule has 0 fully saturated rings. The van der Waals surface area contributed by atoms with Gasteiger partial charge in [0.05, 0.1) is 6.26 Å². The summed E-state index contributed by atoms with van der Waals surface area (Å²) in [6.45, 7) is 0. The van der Waals surface area contributed by atoms with Crippen molar-refractivity contribution < 1.29 is 8.83 Å². The number of hydrogen-bond donors (Lipinski definition) is 0. The molecular formula is C11H5NO2. The SMILES string of the molecule is N#Cc1cc2cc3occc3cc2o1. The molecule has 14 heavy (non-hydrogen) atoms. The molecule has 3 nitrogen and oxygen atoms in total. The van der Waals surface area contributed by atoms with Gasteiger partial charge in [0.2, 0.25) is 5.76 Å². The molecular weight excluding hydrogens is 178 g/mol. The molecule has 1 aromatic carbocycles. The molecule has 0 unspecified atom stereocenters. The van der Waals surface area contributed by atoms with E-state index in [0.29, 0.717) is 5.76 Å². The van der Waals surface area contributed by atoms with E-state index in [1.165, 1.54) is 0 Å². The van der Waals surface area contributed by atoms with Gasteiger partial charge in [-0.3, -0.25) is 0 Å². The van der Waals surface area contributed by atoms with Gasteiger partial charge in [-0.05, 0) is 18.2 Å². The highest BCUT2D eigenvalue weighted by atomic mass is 16.3. The monoisotopic (exact) mass is 183 g/mol. The first-order chi connectivity index (χ1) is 6.86. The van der Waals surface area contributed by atoms with Gasteiger partial charge in [0.15, 0.2) is 0 Å². The number of fused-ring (bicyclic) bond motifs is 2. The fourth-order valence-electron chi connectivity index (χ4n) is 1.55. The van der Waals surface area contributed by atoms with E-state index in [0.717, 1.165) is 21.9 Å². The molecule has 0 N–H and O–H groups in total. The number of nitriles is 1. The van der Waals surface area contributed by atoms with Gasteiger partial charge in [0.1, 0.15) is 17.2 Å². The van der Waals surface area contributed by atoms with Crippen molar-refractivity contribution in [1.29, 1.82) is 5.26 Å². The molecule has 0 atom stereocenters. The van der Waals surface area contributed by atoms with Gasteiger partial charge < -0.3 is 8.83 Å². The lowest BCUT2D eigenvalue weighted by atomic mass is 10.2. The lowest BCUT2D eigenvalue weighted by molar-refractivity contribution is 0.599. The van der Waals surface area contributed by atoms with E-state index >= 15 is 0 Å². The second-order valence-corrected chi connectivity index (χ2v) is 3.07. The molecule has 3 heteroatoms. The highest BCUT2D eigenvalue weighted by Gasteiger charge is 2.05. The van der Waals surface area contributed by atoms with E-state index in [4.69, 9.17) is 14.1 Å². The van der Waals surface area contributed by atoms with Crippen LogP contribution in [0.5, 0.6) is 0 Å². The largest absolute Gasteiger partial charge is 0.464 e. The average Bonchev–Trinajstić information content (AvgIpc) is 2.77. The van der Waals surface area contributed by atoms with Crippen molar-refractivity contribution in [1.82, 2.24) is 0 Å². The summed E-state index contributed by atoms with van der Waals surface area (Å²) >= 11 is 0. The van der Waals surface area contributed by atoms with Crippen molar-refractivity contribution >= 4 is 21.9 Å². The number of furan rings is 2. The molecule has 2 aromatic heterocycles. The summed E-state index contributed by atoms with van der Waals surface area (Å²) in [5, 5.41) is 10.5. The quantitative estimate of drug-likeness (QED) is 0.538. The summed E-state index contributed by atoms with van der Waals surface area (Å²) in [4.78, 5) is 0. The lowest BCUT2D eigenvalue weighted by Gasteiger charge is -1.87. The van der Waals surface area contributed by atoms with Crippen molar-refractivity contribution in [3.8, 4) is 6.07 Å². The van der Waals surface area contributed by atoms with Crippen LogP contribution in [-0.4, -0.2) is 0 Å². The summed E-state index contributed by atoms with van der Waals surface area (Å²) in [5.41, 5.74) is 1.53. The molecule has 2 heterocycles. The highest BCUT2D eigenvalue weighted by molar-refractivity contribution is 5.93. The minimum absolute atomic E-state index is 0.327. The Hall–Kier alpha value is -2.21. The zero-order valence-electron chi connectivity index (χ0n) is 7.15. The van der Waals surface area contributed by atoms with Crippen LogP contribution in [0.3, 0.4) is 0 Å². The summed E-state index contributed by atoms with van der Waals surface area (Å²) in [7, 11) is 0. The van der Waals surface area contributed by atoms with Gasteiger partial charge in [-0.15, -0.1) is 0 Å². The molecule has 0 aliphatic heterocycles. The Labute approximate surface area is 79.1 Å². The Bertz CT molecular complexity index is 607. The first kappa shape index (κ1) is 7.22. The van der Waals surface area contributed by atoms with E-state index in [1.807, 2.05) is 24.3 Å². The second-order valence-electron chi connectivity index (χ2n) is 3.07. The molecule has 0 aliphatic rings. The first-order valence-corrected chi connectivity index (χ1v) is 4.18. The van der Waals surface area contributed by atoms with Crippen LogP contribution in [-0.2, 0) is 0 Å². The Kier molecular flexibility index (Phi) is 1.23. The molecule has 3 rings (SSSR count). The molecule has 66 valence electrons. The Balaban J connectivity index is 2.48. The lowest BCUT2D eigenvalue weighted by Crippen LogP contribution is -1.63. The third-order valence-corrected chi connectivity index (χ3v) is 2.20. The first-order valence-electron chi connectivity index (χ1n) is 4.18. The third-order valence-electron chi connectivity index (χ3n) is 2.20. The van der Waals surface area contributed by atoms with E-state index in [-0.39, 0.29) is 0 Å². The number of nitrogens with zero attached hydrogens (tertiary/aromatic N) is 1. The Morgan fingerprint density at radius 3 is 2.79 bits per heavy atom. The van der Waals surface area contributed by atoms with Crippen LogP contribution in [0, 0.1) is 11.3 Å². The van der Waals surface area contributed by atoms with E-state index in [2.05, 4.69) is 0 Å². The smallest absolute Gasteiger partial charge is 0.204 e. The van der Waals surface area contributed by atoms with Crippen molar-refractivity contribution in [2.75, 3.05) is 0 Å². The van der Waals surface area contributed by atoms with Crippen LogP contribution in [0.2, 0.25) is 0 Å². The maximum Gasteiger partial charge on any atom is 0.204 e. The van der Waals surface area contributed by atoms with E-state index in [9.17, 15) is 0 Å². The minimum atomic E-state index is 0.327. The molecule has 0 aliphatic carbocycles. The Morgan fingerprint density at radius 1 is 1.07 bits per heavy atom. The van der Waals surface area contributed by atoms with Gasteiger partial charge in [-0.1, -0.05) is 0 Å². The third kappa shape index (κ3) is 0.852. The van der Waals surface area contributed by atoms with Gasteiger partial charge in [0.25, 0.3) is 0 Å². The van der Waals surface area contributed by atoms with Gasteiger partial charge in [-0.25, -0.2) is 0 Å². The molecule has 0 spiro atoms. The molecule has 0 bridgehead atoms. The number of benzene rings is 1. The maximum absolute atomic E-state index is 8.66. The van der Waals surface area contributed by atoms with Crippen molar-refractivity contribution in [3.05, 3.63) is 36.3 Å². The predicted molar refractivity (Wildman–Crippen MR) is 50.7 cm³/mol. The topological polar surface area (TPSA) is 50.1 Å². The van der Waals surface area contributed by atoms with Crippen molar-refractivity contribution in [2.45, 2.75) is 0 Å². The van der Waals surface area contributed by atoms with Gasteiger partial charge in [-0.2, -0.15) is 5.26 Å². The highest BCUT2D eigenvalue weighted by Crippen LogP contribution is 2.25. The predicted octanol–water partition coefficient (Wildman–Crippen LogP) is 3.05. The fourth-order valence-corrected chi connectivity index (χ4v) is 1.55. The van der Waals surface area contributed by atoms with Crippen LogP contribution in [0.25, 0.3) is 21.9 Å². The zero-order valence-corrected chi connectivity index (χ0v) is 7.15. The van der Waals surface area contributed by atoms with E-state index < -0.39 is 0 Å². The van der Waals surface area contributed by atoms with Crippen LogP contribution in [0.1, 0.15) is 5.76 Å². The summed E-state index contributed by atoms with van der Waals surface area (Å²) < 4.78 is 10.5. The molecule has 0 saturated heterocycles. The standard InChI is InChI=1S/C11H5NO2/c12-6-9-3-8-5-10-7(1-2-13-10)4-11(8)14-9/h1-5H. The summed E-state index contributed by atoms with van der Waals surface area (Å²) in [6, 6.07) is 9.28. The van der Waals surface area contributed by atoms with Crippen molar-refractivity contribution in [2.24, 2.45) is 0 Å². The summed E-state index contributed by atoms with van der Waals surface area (Å²) in [5.74, 6) is 0.327. The molecule has 0 saturated carbocycles. The molecule has 0 radical (unpaired) electrons. The van der Waals surface area contributed by atoms with Crippen LogP contribution in [0.4, 0.5) is 0 Å². The van der Waals surface area contributed by atoms with Gasteiger partial charge in [0, 0.05) is 16.8 Å². The van der Waals surface area contributed by atoms with E-state index in [1.54, 1.807) is 12.3 Å². The normalized spacial score (nSPS) is 10.8. The van der Waals surface area contributed by atoms with Crippen LogP contribution >= 0.6 is 0 Å². The van der Waals surface area contributed by atoms with Crippen LogP contribution in [0.15, 0.2) is 39.4 Å². The second kappa shape index (κ2) is 2.39. The summed E-state index contributed by atoms with van der Waals surface area (Å²) in [6.07, 6.45) is 1.63. The number of rotatable bonds is 0. The van der Waals surface area contributed by atoms with Crippen molar-refractivity contribution in [3.63, 3.8) is 0 Å². The minimum Gasteiger partial charge on any atom is -0.464 e. The fraction of sp³-hybridized carbons (Fsp3) is 0. The maximum atomic E-state index is 8.66.